The van der Waals surface area contributed by atoms with E-state index in [1.54, 1.807) is 0 Å². The number of ketones is 1. The van der Waals surface area contributed by atoms with Crippen LogP contribution in [0.3, 0.4) is 0 Å². The lowest BCUT2D eigenvalue weighted by atomic mass is 10.4. The molecule has 0 unspecified atom stereocenters. The van der Waals surface area contributed by atoms with E-state index in [4.69, 9.17) is 0 Å². The zero-order chi connectivity index (χ0) is 10.3. The second kappa shape index (κ2) is 5.93. The van der Waals surface area contributed by atoms with Gasteiger partial charge in [0.1, 0.15) is 5.78 Å². The molecule has 0 radical (unpaired) electrons. The third-order valence-electron chi connectivity index (χ3n) is 1.14. The van der Waals surface area contributed by atoms with Crippen molar-refractivity contribution in [1.82, 2.24) is 10.6 Å². The zero-order valence-electron chi connectivity index (χ0n) is 7.42. The Kier molecular flexibility index (Phi) is 5.18. The molecule has 0 aromatic heterocycles. The molecular weight excluding hydrogens is 172 g/mol. The lowest BCUT2D eigenvalue weighted by Gasteiger charge is -2.02. The smallest absolute Gasteiger partial charge is 0.243 e. The van der Waals surface area contributed by atoms with Gasteiger partial charge in [-0.3, -0.25) is 14.4 Å². The first kappa shape index (κ1) is 11.4. The Labute approximate surface area is 76.2 Å². The Morgan fingerprint density at radius 3 is 2.31 bits per heavy atom. The average Bonchev–Trinajstić information content (AvgIpc) is 2.10. The molecule has 0 fully saturated rings. The van der Waals surface area contributed by atoms with Gasteiger partial charge < -0.3 is 10.6 Å². The summed E-state index contributed by atoms with van der Waals surface area (Å²) in [4.78, 5) is 31.9. The Hall–Kier alpha value is -1.65. The van der Waals surface area contributed by atoms with Crippen LogP contribution in [0.15, 0.2) is 12.7 Å². The molecule has 2 N–H and O–H groups in total. The summed E-state index contributed by atoms with van der Waals surface area (Å²) >= 11 is 0. The molecule has 0 bridgehead atoms. The first-order chi connectivity index (χ1) is 6.06. The van der Waals surface area contributed by atoms with Crippen molar-refractivity contribution in [3.63, 3.8) is 0 Å². The van der Waals surface area contributed by atoms with Gasteiger partial charge in [-0.25, -0.2) is 0 Å². The molecule has 0 aliphatic rings. The van der Waals surface area contributed by atoms with Gasteiger partial charge in [-0.1, -0.05) is 6.58 Å². The second-order valence-electron chi connectivity index (χ2n) is 2.40. The van der Waals surface area contributed by atoms with Crippen LogP contribution in [-0.4, -0.2) is 30.7 Å². The van der Waals surface area contributed by atoms with Crippen LogP contribution in [0, 0.1) is 0 Å². The fraction of sp³-hybridized carbons (Fsp3) is 0.375. The van der Waals surface area contributed by atoms with Crippen LogP contribution in [0.25, 0.3) is 0 Å². The zero-order valence-corrected chi connectivity index (χ0v) is 7.42. The number of rotatable bonds is 5. The monoisotopic (exact) mass is 184 g/mol. The molecule has 0 aromatic rings. The molecule has 0 atom stereocenters. The predicted octanol–water partition coefficient (Wildman–Crippen LogP) is -1.01. The lowest BCUT2D eigenvalue weighted by molar-refractivity contribution is -0.125. The number of hydrogen-bond donors (Lipinski definition) is 2. The van der Waals surface area contributed by atoms with Gasteiger partial charge in [0, 0.05) is 0 Å². The van der Waals surface area contributed by atoms with Gasteiger partial charge in [0.15, 0.2) is 0 Å². The molecule has 0 saturated heterocycles. The maximum atomic E-state index is 10.9. The van der Waals surface area contributed by atoms with Crippen molar-refractivity contribution in [3.8, 4) is 0 Å². The Balaban J connectivity index is 3.57. The van der Waals surface area contributed by atoms with Crippen LogP contribution in [0.1, 0.15) is 6.92 Å². The quantitative estimate of drug-likeness (QED) is 0.538. The molecule has 0 aromatic carbocycles. The van der Waals surface area contributed by atoms with Crippen LogP contribution in [0.4, 0.5) is 0 Å². The molecule has 2 amide bonds. The van der Waals surface area contributed by atoms with E-state index in [0.29, 0.717) is 0 Å². The lowest BCUT2D eigenvalue weighted by Crippen LogP contribution is -2.38. The van der Waals surface area contributed by atoms with Crippen molar-refractivity contribution in [1.29, 1.82) is 0 Å². The summed E-state index contributed by atoms with van der Waals surface area (Å²) < 4.78 is 0. The summed E-state index contributed by atoms with van der Waals surface area (Å²) in [6.07, 6.45) is 1.07. The first-order valence-corrected chi connectivity index (χ1v) is 3.72. The second-order valence-corrected chi connectivity index (χ2v) is 2.40. The Morgan fingerprint density at radius 2 is 1.85 bits per heavy atom. The SMILES string of the molecule is C=CC(=O)NCC(=O)NCC(C)=O. The third-order valence-corrected chi connectivity index (χ3v) is 1.14. The summed E-state index contributed by atoms with van der Waals surface area (Å²) in [6.45, 7) is 4.43. The van der Waals surface area contributed by atoms with E-state index < -0.39 is 11.8 Å². The van der Waals surface area contributed by atoms with E-state index in [2.05, 4.69) is 17.2 Å². The van der Waals surface area contributed by atoms with Gasteiger partial charge in [-0.05, 0) is 13.0 Å². The number of nitrogens with one attached hydrogen (secondary N) is 2. The van der Waals surface area contributed by atoms with Crippen LogP contribution in [0.2, 0.25) is 0 Å². The molecule has 5 heteroatoms. The predicted molar refractivity (Wildman–Crippen MR) is 46.9 cm³/mol. The summed E-state index contributed by atoms with van der Waals surface area (Å²) in [5.41, 5.74) is 0. The van der Waals surface area contributed by atoms with Gasteiger partial charge in [0.25, 0.3) is 0 Å². The fourth-order valence-electron chi connectivity index (χ4n) is 0.525. The number of Topliss-reactive ketones (excluding diaryl/α,β-unsaturated/α-hetero) is 1. The summed E-state index contributed by atoms with van der Waals surface area (Å²) in [7, 11) is 0. The van der Waals surface area contributed by atoms with Crippen LogP contribution >= 0.6 is 0 Å². The standard InChI is InChI=1S/C8H12N2O3/c1-3-7(12)10-5-8(13)9-4-6(2)11/h3H,1,4-5H2,2H3,(H,9,13)(H,10,12). The summed E-state index contributed by atoms with van der Waals surface area (Å²) in [6, 6.07) is 0. The molecule has 0 aliphatic carbocycles. The van der Waals surface area contributed by atoms with E-state index in [1.165, 1.54) is 6.92 Å². The highest BCUT2D eigenvalue weighted by Gasteiger charge is 2.02. The number of carbonyl (C=O) groups excluding carboxylic acids is 3. The first-order valence-electron chi connectivity index (χ1n) is 3.72. The normalized spacial score (nSPS) is 8.69. The van der Waals surface area contributed by atoms with Crippen molar-refractivity contribution in [3.05, 3.63) is 12.7 Å². The van der Waals surface area contributed by atoms with E-state index in [9.17, 15) is 14.4 Å². The van der Waals surface area contributed by atoms with Crippen LogP contribution < -0.4 is 10.6 Å². The molecule has 5 nitrogen and oxygen atoms in total. The highest BCUT2D eigenvalue weighted by atomic mass is 16.2. The maximum absolute atomic E-state index is 10.9. The third kappa shape index (κ3) is 6.74. The molecule has 0 spiro atoms. The topological polar surface area (TPSA) is 75.3 Å². The minimum atomic E-state index is -0.419. The maximum Gasteiger partial charge on any atom is 0.243 e. The number of carbonyl (C=O) groups is 3. The molecule has 0 heterocycles. The Morgan fingerprint density at radius 1 is 1.23 bits per heavy atom. The van der Waals surface area contributed by atoms with Gasteiger partial charge in [-0.15, -0.1) is 0 Å². The van der Waals surface area contributed by atoms with Gasteiger partial charge in [0.2, 0.25) is 11.8 Å². The largest absolute Gasteiger partial charge is 0.348 e. The average molecular weight is 184 g/mol. The molecule has 0 rings (SSSR count). The van der Waals surface area contributed by atoms with E-state index >= 15 is 0 Å². The molecule has 0 saturated carbocycles. The van der Waals surface area contributed by atoms with Crippen LogP contribution in [-0.2, 0) is 14.4 Å². The van der Waals surface area contributed by atoms with E-state index in [0.717, 1.165) is 6.08 Å². The van der Waals surface area contributed by atoms with Gasteiger partial charge in [-0.2, -0.15) is 0 Å². The fourth-order valence-corrected chi connectivity index (χ4v) is 0.525. The molecular formula is C8H12N2O3. The van der Waals surface area contributed by atoms with Crippen molar-refractivity contribution in [2.45, 2.75) is 6.92 Å². The van der Waals surface area contributed by atoms with Gasteiger partial charge >= 0.3 is 0 Å². The Bertz CT molecular complexity index is 236. The van der Waals surface area contributed by atoms with E-state index in [1.807, 2.05) is 0 Å². The van der Waals surface area contributed by atoms with Gasteiger partial charge in [0.05, 0.1) is 13.1 Å². The highest BCUT2D eigenvalue weighted by molar-refractivity contribution is 5.91. The van der Waals surface area contributed by atoms with Crippen molar-refractivity contribution >= 4 is 17.6 Å². The summed E-state index contributed by atoms with van der Waals surface area (Å²) in [5, 5.41) is 4.60. The van der Waals surface area contributed by atoms with Crippen molar-refractivity contribution in [2.24, 2.45) is 0 Å². The molecule has 72 valence electrons. The van der Waals surface area contributed by atoms with Crippen molar-refractivity contribution < 1.29 is 14.4 Å². The highest BCUT2D eigenvalue weighted by Crippen LogP contribution is 1.69. The number of amides is 2. The van der Waals surface area contributed by atoms with Crippen molar-refractivity contribution in [2.75, 3.05) is 13.1 Å². The van der Waals surface area contributed by atoms with Crippen LogP contribution in [0.5, 0.6) is 0 Å². The minimum absolute atomic E-state index is 0.0111. The summed E-state index contributed by atoms with van der Waals surface area (Å²) in [5.74, 6) is -0.952. The molecule has 13 heavy (non-hydrogen) atoms. The number of hydrogen-bond acceptors (Lipinski definition) is 3. The molecule has 0 aliphatic heterocycles. The minimum Gasteiger partial charge on any atom is -0.348 e. The van der Waals surface area contributed by atoms with E-state index in [-0.39, 0.29) is 18.9 Å².